The van der Waals surface area contributed by atoms with E-state index in [0.717, 1.165) is 0 Å². The number of morpholine rings is 1. The highest BCUT2D eigenvalue weighted by Gasteiger charge is 2.31. The Kier molecular flexibility index (Phi) is 4.84. The number of benzene rings is 1. The van der Waals surface area contributed by atoms with Crippen LogP contribution in [0.4, 0.5) is 13.2 Å². The zero-order valence-electron chi connectivity index (χ0n) is 11.9. The minimum atomic E-state index is -2.48. The van der Waals surface area contributed by atoms with Crippen LogP contribution in [0.5, 0.6) is 0 Å². The largest absolute Gasteiger partial charge is 0.378 e. The highest BCUT2D eigenvalue weighted by molar-refractivity contribution is 6.31. The van der Waals surface area contributed by atoms with Crippen molar-refractivity contribution in [2.24, 2.45) is 0 Å². The summed E-state index contributed by atoms with van der Waals surface area (Å²) < 4.78 is 49.7. The number of aromatic nitrogens is 2. The Labute approximate surface area is 135 Å². The van der Waals surface area contributed by atoms with Crippen molar-refractivity contribution in [3.63, 3.8) is 0 Å². The molecule has 23 heavy (non-hydrogen) atoms. The van der Waals surface area contributed by atoms with Gasteiger partial charge in [0.1, 0.15) is 6.04 Å². The molecule has 124 valence electrons. The molecule has 2 aromatic rings. The fourth-order valence-electron chi connectivity index (χ4n) is 2.42. The number of hydrogen-bond donors (Lipinski definition) is 0. The summed E-state index contributed by atoms with van der Waals surface area (Å²) in [6.45, 7) is 0.426. The summed E-state index contributed by atoms with van der Waals surface area (Å²) >= 11 is 5.73. The van der Waals surface area contributed by atoms with Gasteiger partial charge in [0.2, 0.25) is 11.7 Å². The predicted octanol–water partition coefficient (Wildman–Crippen LogP) is 3.17. The van der Waals surface area contributed by atoms with Crippen LogP contribution in [0.15, 0.2) is 22.7 Å². The van der Waals surface area contributed by atoms with Crippen LogP contribution >= 0.6 is 11.6 Å². The highest BCUT2D eigenvalue weighted by Crippen LogP contribution is 2.29. The van der Waals surface area contributed by atoms with E-state index in [0.29, 0.717) is 13.2 Å². The molecule has 1 atom stereocenters. The minimum Gasteiger partial charge on any atom is -0.378 e. The maximum absolute atomic E-state index is 14.0. The van der Waals surface area contributed by atoms with E-state index in [2.05, 4.69) is 10.1 Å². The van der Waals surface area contributed by atoms with Gasteiger partial charge in [0.15, 0.2) is 5.82 Å². The zero-order valence-corrected chi connectivity index (χ0v) is 12.6. The molecule has 3 rings (SSSR count). The van der Waals surface area contributed by atoms with Gasteiger partial charge in [0.25, 0.3) is 6.43 Å². The standard InChI is InChI=1S/C14H13ClF3N3O2/c15-9-3-1-2-8(12(9)18)13-19-14(23-20-13)10-7-22-5-4-21(10)6-11(16)17/h1-3,10-11H,4-7H2. The third-order valence-electron chi connectivity index (χ3n) is 3.53. The lowest BCUT2D eigenvalue weighted by molar-refractivity contribution is -0.0430. The van der Waals surface area contributed by atoms with Crippen LogP contribution in [0.2, 0.25) is 5.02 Å². The molecule has 0 spiro atoms. The molecule has 1 aromatic heterocycles. The molecule has 0 amide bonds. The Bertz CT molecular complexity index is 683. The second kappa shape index (κ2) is 6.86. The number of ether oxygens (including phenoxy) is 1. The second-order valence-corrected chi connectivity index (χ2v) is 5.44. The number of rotatable bonds is 4. The number of halogens is 4. The molecule has 2 heterocycles. The lowest BCUT2D eigenvalue weighted by Crippen LogP contribution is -2.42. The van der Waals surface area contributed by atoms with Crippen LogP contribution in [-0.4, -0.2) is 47.8 Å². The average Bonchev–Trinajstić information content (AvgIpc) is 2.99. The van der Waals surface area contributed by atoms with E-state index < -0.39 is 24.8 Å². The maximum atomic E-state index is 14.0. The van der Waals surface area contributed by atoms with E-state index >= 15 is 0 Å². The first-order valence-corrected chi connectivity index (χ1v) is 7.32. The van der Waals surface area contributed by atoms with E-state index in [1.807, 2.05) is 0 Å². The summed E-state index contributed by atoms with van der Waals surface area (Å²) in [4.78, 5) is 5.63. The molecule has 0 saturated carbocycles. The summed E-state index contributed by atoms with van der Waals surface area (Å²) in [5.74, 6) is -0.534. The first-order chi connectivity index (χ1) is 11.1. The topological polar surface area (TPSA) is 51.4 Å². The highest BCUT2D eigenvalue weighted by atomic mass is 35.5. The van der Waals surface area contributed by atoms with Crippen molar-refractivity contribution >= 4 is 11.6 Å². The minimum absolute atomic E-state index is 0.0163. The van der Waals surface area contributed by atoms with Crippen molar-refractivity contribution < 1.29 is 22.4 Å². The van der Waals surface area contributed by atoms with Gasteiger partial charge in [-0.3, -0.25) is 4.90 Å². The third kappa shape index (κ3) is 3.49. The van der Waals surface area contributed by atoms with E-state index in [4.69, 9.17) is 20.9 Å². The van der Waals surface area contributed by atoms with Gasteiger partial charge in [-0.1, -0.05) is 22.8 Å². The molecule has 0 bridgehead atoms. The van der Waals surface area contributed by atoms with Crippen LogP contribution in [0.3, 0.4) is 0 Å². The van der Waals surface area contributed by atoms with Gasteiger partial charge in [-0.2, -0.15) is 4.98 Å². The molecule has 1 aliphatic rings. The molecule has 0 N–H and O–H groups in total. The van der Waals surface area contributed by atoms with Gasteiger partial charge in [0, 0.05) is 6.54 Å². The lowest BCUT2D eigenvalue weighted by Gasteiger charge is -2.32. The van der Waals surface area contributed by atoms with E-state index in [9.17, 15) is 13.2 Å². The molecule has 0 aliphatic carbocycles. The molecule has 1 unspecified atom stereocenters. The first kappa shape index (κ1) is 16.2. The number of nitrogens with zero attached hydrogens (tertiary/aromatic N) is 3. The molecular formula is C14H13ClF3N3O2. The van der Waals surface area contributed by atoms with Crippen LogP contribution in [-0.2, 0) is 4.74 Å². The predicted molar refractivity (Wildman–Crippen MR) is 75.8 cm³/mol. The Morgan fingerprint density at radius 1 is 1.39 bits per heavy atom. The number of alkyl halides is 2. The van der Waals surface area contributed by atoms with E-state index in [1.54, 1.807) is 6.07 Å². The average molecular weight is 348 g/mol. The Hall–Kier alpha value is -1.64. The van der Waals surface area contributed by atoms with Crippen LogP contribution in [0.25, 0.3) is 11.4 Å². The summed E-state index contributed by atoms with van der Waals surface area (Å²) in [6, 6.07) is 3.84. The van der Waals surface area contributed by atoms with Gasteiger partial charge in [0.05, 0.1) is 30.3 Å². The van der Waals surface area contributed by atoms with Crippen molar-refractivity contribution in [3.8, 4) is 11.4 Å². The number of hydrogen-bond acceptors (Lipinski definition) is 5. The van der Waals surface area contributed by atoms with Crippen molar-refractivity contribution in [3.05, 3.63) is 34.9 Å². The van der Waals surface area contributed by atoms with Crippen molar-refractivity contribution in [2.75, 3.05) is 26.3 Å². The van der Waals surface area contributed by atoms with Gasteiger partial charge in [-0.15, -0.1) is 0 Å². The molecule has 9 heteroatoms. The molecule has 1 saturated heterocycles. The quantitative estimate of drug-likeness (QED) is 0.850. The summed E-state index contributed by atoms with van der Waals surface area (Å²) in [5, 5.41) is 3.66. The van der Waals surface area contributed by atoms with Gasteiger partial charge >= 0.3 is 0 Å². The zero-order chi connectivity index (χ0) is 16.4. The van der Waals surface area contributed by atoms with E-state index in [1.165, 1.54) is 17.0 Å². The van der Waals surface area contributed by atoms with Crippen LogP contribution in [0, 0.1) is 5.82 Å². The Morgan fingerprint density at radius 2 is 2.22 bits per heavy atom. The second-order valence-electron chi connectivity index (χ2n) is 5.03. The first-order valence-electron chi connectivity index (χ1n) is 6.94. The summed E-state index contributed by atoms with van der Waals surface area (Å²) in [5.41, 5.74) is 0.0876. The Balaban J connectivity index is 1.87. The Morgan fingerprint density at radius 3 is 3.00 bits per heavy atom. The molecule has 1 aliphatic heterocycles. The lowest BCUT2D eigenvalue weighted by atomic mass is 10.2. The third-order valence-corrected chi connectivity index (χ3v) is 3.82. The van der Waals surface area contributed by atoms with E-state index in [-0.39, 0.29) is 28.9 Å². The SMILES string of the molecule is Fc1c(Cl)cccc1-c1noc(C2COCCN2CC(F)F)n1. The van der Waals surface area contributed by atoms with Gasteiger partial charge in [-0.25, -0.2) is 13.2 Å². The fraction of sp³-hybridized carbons (Fsp3) is 0.429. The summed E-state index contributed by atoms with van der Waals surface area (Å²) in [6.07, 6.45) is -2.48. The molecule has 1 fully saturated rings. The normalized spacial score (nSPS) is 19.4. The van der Waals surface area contributed by atoms with Crippen molar-refractivity contribution in [1.29, 1.82) is 0 Å². The van der Waals surface area contributed by atoms with Crippen molar-refractivity contribution in [2.45, 2.75) is 12.5 Å². The van der Waals surface area contributed by atoms with Crippen LogP contribution < -0.4 is 0 Å². The fourth-order valence-corrected chi connectivity index (χ4v) is 2.59. The molecular weight excluding hydrogens is 335 g/mol. The van der Waals surface area contributed by atoms with Gasteiger partial charge in [-0.05, 0) is 12.1 Å². The molecule has 1 aromatic carbocycles. The maximum Gasteiger partial charge on any atom is 0.251 e. The molecule has 5 nitrogen and oxygen atoms in total. The summed E-state index contributed by atoms with van der Waals surface area (Å²) in [7, 11) is 0. The smallest absolute Gasteiger partial charge is 0.251 e. The monoisotopic (exact) mass is 347 g/mol. The molecule has 0 radical (unpaired) electrons. The van der Waals surface area contributed by atoms with Crippen LogP contribution in [0.1, 0.15) is 11.9 Å². The van der Waals surface area contributed by atoms with Crippen molar-refractivity contribution in [1.82, 2.24) is 15.0 Å². The van der Waals surface area contributed by atoms with Gasteiger partial charge < -0.3 is 9.26 Å².